The van der Waals surface area contributed by atoms with E-state index in [1.165, 1.54) is 24.9 Å². The van der Waals surface area contributed by atoms with E-state index in [1.54, 1.807) is 0 Å². The zero-order chi connectivity index (χ0) is 9.26. The molecule has 2 heteroatoms. The van der Waals surface area contributed by atoms with Crippen molar-refractivity contribution >= 4 is 0 Å². The summed E-state index contributed by atoms with van der Waals surface area (Å²) in [7, 11) is 2.08. The van der Waals surface area contributed by atoms with Gasteiger partial charge in [0.1, 0.15) is 0 Å². The summed E-state index contributed by atoms with van der Waals surface area (Å²) in [6.07, 6.45) is 7.03. The molecule has 1 aromatic heterocycles. The highest BCUT2D eigenvalue weighted by Crippen LogP contribution is 2.22. The molecular weight excluding hydrogens is 160 g/mol. The van der Waals surface area contributed by atoms with E-state index < -0.39 is 0 Å². The molecule has 0 N–H and O–H groups in total. The lowest BCUT2D eigenvalue weighted by molar-refractivity contribution is 0.0791. The minimum atomic E-state index is 0.847. The van der Waals surface area contributed by atoms with Gasteiger partial charge in [-0.15, -0.1) is 0 Å². The molecule has 2 heterocycles. The molecule has 0 saturated carbocycles. The summed E-state index contributed by atoms with van der Waals surface area (Å²) >= 11 is 0. The minimum absolute atomic E-state index is 0.847. The van der Waals surface area contributed by atoms with Crippen LogP contribution >= 0.6 is 0 Å². The lowest BCUT2D eigenvalue weighted by atomic mass is 10.00. The van der Waals surface area contributed by atoms with Gasteiger partial charge in [-0.1, -0.05) is 6.92 Å². The first-order chi connectivity index (χ1) is 6.29. The molecule has 13 heavy (non-hydrogen) atoms. The second-order valence-corrected chi connectivity index (χ2v) is 4.01. The lowest BCUT2D eigenvalue weighted by Crippen LogP contribution is -2.46. The standard InChI is InChI=1S/C11H18N2/c1-3-11-5-7-13(11)9-10-4-6-12(2)8-10/h4,6,8,11H,3,5,7,9H2,1-2H3. The first-order valence-corrected chi connectivity index (χ1v) is 5.14. The number of hydrogen-bond acceptors (Lipinski definition) is 1. The summed E-state index contributed by atoms with van der Waals surface area (Å²) in [6.45, 7) is 4.70. The van der Waals surface area contributed by atoms with E-state index in [0.29, 0.717) is 0 Å². The SMILES string of the molecule is CCC1CCN1Cc1ccn(C)c1. The molecule has 2 rings (SSSR count). The van der Waals surface area contributed by atoms with Crippen molar-refractivity contribution in [3.8, 4) is 0 Å². The lowest BCUT2D eigenvalue weighted by Gasteiger charge is -2.40. The summed E-state index contributed by atoms with van der Waals surface area (Å²) < 4.78 is 2.12. The van der Waals surface area contributed by atoms with Gasteiger partial charge in [0.2, 0.25) is 0 Å². The summed E-state index contributed by atoms with van der Waals surface area (Å²) in [4.78, 5) is 2.56. The van der Waals surface area contributed by atoms with Gasteiger partial charge in [-0.3, -0.25) is 4.90 Å². The summed E-state index contributed by atoms with van der Waals surface area (Å²) in [6, 6.07) is 3.06. The van der Waals surface area contributed by atoms with Crippen LogP contribution in [0, 0.1) is 0 Å². The van der Waals surface area contributed by atoms with Crippen molar-refractivity contribution in [1.29, 1.82) is 0 Å². The molecule has 1 fully saturated rings. The van der Waals surface area contributed by atoms with Gasteiger partial charge in [0.25, 0.3) is 0 Å². The van der Waals surface area contributed by atoms with E-state index in [0.717, 1.165) is 12.6 Å². The van der Waals surface area contributed by atoms with Gasteiger partial charge in [0.15, 0.2) is 0 Å². The Kier molecular flexibility index (Phi) is 2.40. The van der Waals surface area contributed by atoms with Crippen LogP contribution in [0.25, 0.3) is 0 Å². The van der Waals surface area contributed by atoms with E-state index in [-0.39, 0.29) is 0 Å². The normalized spacial score (nSPS) is 23.1. The van der Waals surface area contributed by atoms with Crippen LogP contribution in [0.15, 0.2) is 18.5 Å². The average Bonchev–Trinajstić information content (AvgIpc) is 2.46. The molecule has 0 radical (unpaired) electrons. The van der Waals surface area contributed by atoms with Crippen molar-refractivity contribution in [2.75, 3.05) is 6.54 Å². The third-order valence-electron chi connectivity index (χ3n) is 3.02. The van der Waals surface area contributed by atoms with Crippen molar-refractivity contribution in [3.05, 3.63) is 24.0 Å². The number of aromatic nitrogens is 1. The highest BCUT2D eigenvalue weighted by Gasteiger charge is 2.25. The monoisotopic (exact) mass is 178 g/mol. The van der Waals surface area contributed by atoms with Gasteiger partial charge in [-0.2, -0.15) is 0 Å². The molecule has 72 valence electrons. The Morgan fingerprint density at radius 3 is 2.85 bits per heavy atom. The smallest absolute Gasteiger partial charge is 0.0251 e. The molecule has 1 unspecified atom stereocenters. The highest BCUT2D eigenvalue weighted by atomic mass is 15.2. The zero-order valence-electron chi connectivity index (χ0n) is 8.53. The van der Waals surface area contributed by atoms with Crippen molar-refractivity contribution < 1.29 is 0 Å². The van der Waals surface area contributed by atoms with Crippen LogP contribution in [0.2, 0.25) is 0 Å². The molecule has 0 spiro atoms. The first-order valence-electron chi connectivity index (χ1n) is 5.14. The van der Waals surface area contributed by atoms with Gasteiger partial charge >= 0.3 is 0 Å². The van der Waals surface area contributed by atoms with Crippen LogP contribution in [-0.4, -0.2) is 22.1 Å². The third kappa shape index (κ3) is 1.78. The van der Waals surface area contributed by atoms with E-state index in [4.69, 9.17) is 0 Å². The van der Waals surface area contributed by atoms with E-state index in [1.807, 2.05) is 0 Å². The first kappa shape index (κ1) is 8.82. The predicted octanol–water partition coefficient (Wildman–Crippen LogP) is 2.01. The van der Waals surface area contributed by atoms with Gasteiger partial charge < -0.3 is 4.57 Å². The van der Waals surface area contributed by atoms with Gasteiger partial charge in [0.05, 0.1) is 0 Å². The predicted molar refractivity (Wildman–Crippen MR) is 54.5 cm³/mol. The van der Waals surface area contributed by atoms with Crippen molar-refractivity contribution in [2.45, 2.75) is 32.4 Å². The molecule has 0 bridgehead atoms. The molecule has 1 aliphatic rings. The summed E-state index contributed by atoms with van der Waals surface area (Å²) in [5.41, 5.74) is 1.45. The second-order valence-electron chi connectivity index (χ2n) is 4.01. The zero-order valence-corrected chi connectivity index (χ0v) is 8.53. The minimum Gasteiger partial charge on any atom is -0.357 e. The van der Waals surface area contributed by atoms with Gasteiger partial charge in [-0.05, 0) is 24.5 Å². The molecule has 1 aromatic rings. The molecular formula is C11H18N2. The molecule has 0 aliphatic carbocycles. The molecule has 0 aromatic carbocycles. The number of nitrogens with zero attached hydrogens (tertiary/aromatic N) is 2. The fourth-order valence-corrected chi connectivity index (χ4v) is 2.05. The second kappa shape index (κ2) is 3.54. The topological polar surface area (TPSA) is 8.17 Å². The number of likely N-dealkylation sites (tertiary alicyclic amines) is 1. The van der Waals surface area contributed by atoms with Crippen LogP contribution in [0.1, 0.15) is 25.3 Å². The molecule has 1 atom stereocenters. The Hall–Kier alpha value is -0.760. The van der Waals surface area contributed by atoms with E-state index >= 15 is 0 Å². The Balaban J connectivity index is 1.91. The van der Waals surface area contributed by atoms with Gasteiger partial charge in [0, 0.05) is 38.6 Å². The Morgan fingerprint density at radius 2 is 2.38 bits per heavy atom. The van der Waals surface area contributed by atoms with Gasteiger partial charge in [-0.25, -0.2) is 0 Å². The molecule has 1 aliphatic heterocycles. The van der Waals surface area contributed by atoms with Crippen LogP contribution in [0.4, 0.5) is 0 Å². The maximum Gasteiger partial charge on any atom is 0.0251 e. The van der Waals surface area contributed by atoms with Crippen LogP contribution in [-0.2, 0) is 13.6 Å². The maximum absolute atomic E-state index is 2.56. The summed E-state index contributed by atoms with van der Waals surface area (Å²) in [5, 5.41) is 0. The third-order valence-corrected chi connectivity index (χ3v) is 3.02. The highest BCUT2D eigenvalue weighted by molar-refractivity contribution is 5.10. The largest absolute Gasteiger partial charge is 0.357 e. The Morgan fingerprint density at radius 1 is 1.54 bits per heavy atom. The number of aryl methyl sites for hydroxylation is 1. The van der Waals surface area contributed by atoms with Crippen LogP contribution < -0.4 is 0 Å². The Bertz CT molecular complexity index is 275. The van der Waals surface area contributed by atoms with E-state index in [9.17, 15) is 0 Å². The van der Waals surface area contributed by atoms with Crippen molar-refractivity contribution in [1.82, 2.24) is 9.47 Å². The van der Waals surface area contributed by atoms with Crippen molar-refractivity contribution in [3.63, 3.8) is 0 Å². The Labute approximate surface area is 80.2 Å². The number of rotatable bonds is 3. The average molecular weight is 178 g/mol. The fourth-order valence-electron chi connectivity index (χ4n) is 2.05. The maximum atomic E-state index is 2.56. The van der Waals surface area contributed by atoms with Crippen LogP contribution in [0.5, 0.6) is 0 Å². The van der Waals surface area contributed by atoms with Crippen molar-refractivity contribution in [2.24, 2.45) is 7.05 Å². The molecule has 2 nitrogen and oxygen atoms in total. The quantitative estimate of drug-likeness (QED) is 0.687. The van der Waals surface area contributed by atoms with Crippen LogP contribution in [0.3, 0.4) is 0 Å². The summed E-state index contributed by atoms with van der Waals surface area (Å²) in [5.74, 6) is 0. The van der Waals surface area contributed by atoms with E-state index in [2.05, 4.69) is 41.9 Å². The molecule has 0 amide bonds. The molecule has 1 saturated heterocycles. The number of hydrogen-bond donors (Lipinski definition) is 0. The fraction of sp³-hybridized carbons (Fsp3) is 0.636.